The molecule has 5 nitrogen and oxygen atoms in total. The Morgan fingerprint density at radius 3 is 2.69 bits per heavy atom. The molecule has 1 saturated carbocycles. The van der Waals surface area contributed by atoms with Gasteiger partial charge in [0.15, 0.2) is 0 Å². The van der Waals surface area contributed by atoms with Gasteiger partial charge in [-0.15, -0.1) is 0 Å². The number of halogens is 2. The van der Waals surface area contributed by atoms with Crippen molar-refractivity contribution in [3.8, 4) is 0 Å². The highest BCUT2D eigenvalue weighted by Gasteiger charge is 2.51. The van der Waals surface area contributed by atoms with Gasteiger partial charge in [0.25, 0.3) is 0 Å². The van der Waals surface area contributed by atoms with Gasteiger partial charge < -0.3 is 9.47 Å². The van der Waals surface area contributed by atoms with E-state index in [1.54, 1.807) is 37.3 Å². The van der Waals surface area contributed by atoms with Gasteiger partial charge in [-0.2, -0.15) is 8.78 Å². The first-order valence-corrected chi connectivity index (χ1v) is 9.87. The van der Waals surface area contributed by atoms with Crippen LogP contribution in [0.2, 0.25) is 0 Å². The Labute approximate surface area is 168 Å². The van der Waals surface area contributed by atoms with Gasteiger partial charge in [-0.05, 0) is 24.6 Å². The third-order valence-electron chi connectivity index (χ3n) is 5.49. The van der Waals surface area contributed by atoms with Crippen molar-refractivity contribution in [2.45, 2.75) is 57.2 Å². The molecule has 1 aliphatic heterocycles. The van der Waals surface area contributed by atoms with Crippen molar-refractivity contribution < 1.29 is 32.6 Å². The van der Waals surface area contributed by atoms with E-state index in [0.29, 0.717) is 12.0 Å². The van der Waals surface area contributed by atoms with Crippen molar-refractivity contribution in [1.29, 1.82) is 0 Å². The van der Waals surface area contributed by atoms with Crippen LogP contribution in [0.25, 0.3) is 0 Å². The van der Waals surface area contributed by atoms with E-state index in [1.807, 2.05) is 0 Å². The number of alkyl halides is 2. The fraction of sp³-hybridized carbons (Fsp3) is 0.500. The zero-order valence-electron chi connectivity index (χ0n) is 16.2. The number of benzene rings is 1. The van der Waals surface area contributed by atoms with Gasteiger partial charge in [0.1, 0.15) is 12.2 Å². The summed E-state index contributed by atoms with van der Waals surface area (Å²) in [4.78, 5) is 36.0. The minimum absolute atomic E-state index is 0.111. The zero-order chi connectivity index (χ0) is 21.0. The van der Waals surface area contributed by atoms with Crippen LogP contribution in [0.1, 0.15) is 49.4 Å². The highest BCUT2D eigenvalue weighted by Crippen LogP contribution is 2.43. The van der Waals surface area contributed by atoms with Gasteiger partial charge in [-0.25, -0.2) is 4.79 Å². The number of ketones is 1. The lowest BCUT2D eigenvalue weighted by Gasteiger charge is -2.20. The van der Waals surface area contributed by atoms with Crippen LogP contribution < -0.4 is 0 Å². The molecule has 0 amide bonds. The average molecular weight is 406 g/mol. The molecule has 3 rings (SSSR count). The van der Waals surface area contributed by atoms with Gasteiger partial charge in [0, 0.05) is 24.7 Å². The smallest absolute Gasteiger partial charge is 0.338 e. The predicted octanol–water partition coefficient (Wildman–Crippen LogP) is 4.11. The van der Waals surface area contributed by atoms with Crippen LogP contribution in [0.5, 0.6) is 0 Å². The minimum atomic E-state index is -3.43. The number of allylic oxidation sites excluding steroid dienone is 1. The van der Waals surface area contributed by atoms with Gasteiger partial charge >= 0.3 is 17.9 Å². The largest absolute Gasteiger partial charge is 0.462 e. The molecule has 1 aliphatic carbocycles. The molecule has 0 aromatic heterocycles. The SMILES string of the molecule is CCCCC(F)(F)C(=O)/C=C/[C@H]1C(OC(=O)c2ccccc2)CC2OC(=O)C[C@@H]21. The van der Waals surface area contributed by atoms with E-state index in [-0.39, 0.29) is 31.1 Å². The highest BCUT2D eigenvalue weighted by atomic mass is 19.3. The summed E-state index contributed by atoms with van der Waals surface area (Å²) in [5.41, 5.74) is 0.367. The lowest BCUT2D eigenvalue weighted by atomic mass is 9.91. The molecule has 29 heavy (non-hydrogen) atoms. The van der Waals surface area contributed by atoms with Gasteiger partial charge in [-0.1, -0.05) is 37.6 Å². The molecular weight excluding hydrogens is 382 g/mol. The number of esters is 2. The minimum Gasteiger partial charge on any atom is -0.462 e. The molecule has 2 fully saturated rings. The molecule has 0 radical (unpaired) electrons. The molecule has 0 N–H and O–H groups in total. The summed E-state index contributed by atoms with van der Waals surface area (Å²) in [6.07, 6.45) is 1.84. The molecule has 1 saturated heterocycles. The summed E-state index contributed by atoms with van der Waals surface area (Å²) in [6.45, 7) is 1.78. The fourth-order valence-electron chi connectivity index (χ4n) is 3.91. The molecule has 1 aromatic rings. The Bertz CT molecular complexity index is 790. The number of fused-ring (bicyclic) bond motifs is 1. The Balaban J connectivity index is 1.74. The number of unbranched alkanes of at least 4 members (excludes halogenated alkanes) is 1. The molecule has 1 heterocycles. The second kappa shape index (κ2) is 8.84. The number of rotatable bonds is 8. The van der Waals surface area contributed by atoms with Crippen molar-refractivity contribution in [2.75, 3.05) is 0 Å². The van der Waals surface area contributed by atoms with Crippen LogP contribution in [0.15, 0.2) is 42.5 Å². The van der Waals surface area contributed by atoms with Crippen molar-refractivity contribution in [3.05, 3.63) is 48.0 Å². The number of carbonyl (C=O) groups is 3. The number of ether oxygens (including phenoxy) is 2. The summed E-state index contributed by atoms with van der Waals surface area (Å²) in [5, 5.41) is 0. The standard InChI is InChI=1S/C22H24F2O5/c1-2-3-11-22(23,24)19(25)10-9-15-16-12-20(26)28-18(16)13-17(15)29-21(27)14-7-5-4-6-8-14/h4-10,15-18H,2-3,11-13H2,1H3/b10-9+/t15-,16-,17?,18?/m1/s1. The maximum atomic E-state index is 14.0. The Morgan fingerprint density at radius 1 is 1.28 bits per heavy atom. The number of hydrogen-bond donors (Lipinski definition) is 0. The molecule has 156 valence electrons. The van der Waals surface area contributed by atoms with Gasteiger partial charge in [-0.3, -0.25) is 9.59 Å². The van der Waals surface area contributed by atoms with Crippen molar-refractivity contribution >= 4 is 17.7 Å². The fourth-order valence-corrected chi connectivity index (χ4v) is 3.91. The third-order valence-corrected chi connectivity index (χ3v) is 5.49. The molecule has 0 bridgehead atoms. The first kappa shape index (κ1) is 21.1. The summed E-state index contributed by atoms with van der Waals surface area (Å²) >= 11 is 0. The van der Waals surface area contributed by atoms with E-state index in [4.69, 9.17) is 9.47 Å². The second-order valence-corrected chi connectivity index (χ2v) is 7.55. The van der Waals surface area contributed by atoms with Crippen molar-refractivity contribution in [2.24, 2.45) is 11.8 Å². The average Bonchev–Trinajstić information content (AvgIpc) is 3.20. The molecular formula is C22H24F2O5. The molecule has 7 heteroatoms. The first-order chi connectivity index (χ1) is 13.8. The van der Waals surface area contributed by atoms with E-state index in [1.165, 1.54) is 6.08 Å². The predicted molar refractivity (Wildman–Crippen MR) is 100 cm³/mol. The van der Waals surface area contributed by atoms with E-state index in [0.717, 1.165) is 6.08 Å². The van der Waals surface area contributed by atoms with Crippen molar-refractivity contribution in [3.63, 3.8) is 0 Å². The van der Waals surface area contributed by atoms with Gasteiger partial charge in [0.2, 0.25) is 5.78 Å². The topological polar surface area (TPSA) is 69.7 Å². The Hall–Kier alpha value is -2.57. The summed E-state index contributed by atoms with van der Waals surface area (Å²) in [5.74, 6) is -6.45. The lowest BCUT2D eigenvalue weighted by Crippen LogP contribution is -2.28. The van der Waals surface area contributed by atoms with E-state index < -0.39 is 42.2 Å². The zero-order valence-corrected chi connectivity index (χ0v) is 16.2. The maximum absolute atomic E-state index is 14.0. The molecule has 1 aromatic carbocycles. The molecule has 2 aliphatic rings. The summed E-state index contributed by atoms with van der Waals surface area (Å²) in [6, 6.07) is 8.40. The number of carbonyl (C=O) groups excluding carboxylic acids is 3. The van der Waals surface area contributed by atoms with Crippen LogP contribution in [-0.2, 0) is 19.1 Å². The molecule has 4 atom stereocenters. The monoisotopic (exact) mass is 406 g/mol. The maximum Gasteiger partial charge on any atom is 0.338 e. The van der Waals surface area contributed by atoms with E-state index in [2.05, 4.69) is 0 Å². The van der Waals surface area contributed by atoms with Gasteiger partial charge in [0.05, 0.1) is 12.0 Å². The molecule has 0 spiro atoms. The Kier molecular flexibility index (Phi) is 6.45. The van der Waals surface area contributed by atoms with E-state index in [9.17, 15) is 23.2 Å². The second-order valence-electron chi connectivity index (χ2n) is 7.55. The van der Waals surface area contributed by atoms with Crippen LogP contribution in [0.3, 0.4) is 0 Å². The quantitative estimate of drug-likeness (QED) is 0.480. The lowest BCUT2D eigenvalue weighted by molar-refractivity contribution is -0.142. The first-order valence-electron chi connectivity index (χ1n) is 9.87. The third kappa shape index (κ3) is 4.89. The molecule has 2 unspecified atom stereocenters. The summed E-state index contributed by atoms with van der Waals surface area (Å²) < 4.78 is 38.8. The van der Waals surface area contributed by atoms with Crippen LogP contribution >= 0.6 is 0 Å². The van der Waals surface area contributed by atoms with Crippen molar-refractivity contribution in [1.82, 2.24) is 0 Å². The Morgan fingerprint density at radius 2 is 2.00 bits per heavy atom. The highest BCUT2D eigenvalue weighted by molar-refractivity contribution is 5.95. The number of hydrogen-bond acceptors (Lipinski definition) is 5. The van der Waals surface area contributed by atoms with Crippen LogP contribution in [0.4, 0.5) is 8.78 Å². The van der Waals surface area contributed by atoms with Crippen LogP contribution in [-0.4, -0.2) is 35.9 Å². The normalized spacial score (nSPS) is 26.4. The van der Waals surface area contributed by atoms with E-state index >= 15 is 0 Å². The van der Waals surface area contributed by atoms with Crippen LogP contribution in [0, 0.1) is 11.8 Å². The summed E-state index contributed by atoms with van der Waals surface area (Å²) in [7, 11) is 0.